The van der Waals surface area contributed by atoms with E-state index in [2.05, 4.69) is 0 Å². The van der Waals surface area contributed by atoms with Crippen molar-refractivity contribution in [3.05, 3.63) is 17.6 Å². The number of benzene rings is 1. The van der Waals surface area contributed by atoms with Crippen molar-refractivity contribution in [1.29, 1.82) is 0 Å². The number of nitrogens with zero attached hydrogens (tertiary/aromatic N) is 2. The predicted octanol–water partition coefficient (Wildman–Crippen LogP) is 1.34. The third-order valence-electron chi connectivity index (χ3n) is 2.32. The van der Waals surface area contributed by atoms with Gasteiger partial charge in [0.05, 0.1) is 13.9 Å². The van der Waals surface area contributed by atoms with Gasteiger partial charge in [0.1, 0.15) is 11.9 Å². The van der Waals surface area contributed by atoms with Gasteiger partial charge in [0.2, 0.25) is 0 Å². The Morgan fingerprint density at radius 2 is 2.28 bits per heavy atom. The Balaban J connectivity index is 2.43. The molecule has 2 N–H and O–H groups in total. The number of fused-ring (bicyclic) bond motifs is 1. The average molecular weight is 264 g/mol. The summed E-state index contributed by atoms with van der Waals surface area (Å²) in [6.45, 7) is -21.7. The number of anilines is 2. The van der Waals surface area contributed by atoms with E-state index in [1.807, 2.05) is 0 Å². The fourth-order valence-corrected chi connectivity index (χ4v) is 1.62. The van der Waals surface area contributed by atoms with Gasteiger partial charge < -0.3 is 20.3 Å². The van der Waals surface area contributed by atoms with Gasteiger partial charge in [0, 0.05) is 58.7 Å². The van der Waals surface area contributed by atoms with Crippen LogP contribution in [0.3, 0.4) is 0 Å². The lowest BCUT2D eigenvalue weighted by atomic mass is 10.1. The predicted molar refractivity (Wildman–Crippen MR) is 74.4 cm³/mol. The van der Waals surface area contributed by atoms with Crippen LogP contribution < -0.4 is 15.4 Å². The summed E-state index contributed by atoms with van der Waals surface area (Å²) >= 11 is 0. The van der Waals surface area contributed by atoms with Crippen molar-refractivity contribution in [3.8, 4) is 5.75 Å². The molecule has 0 bridgehead atoms. The first-order chi connectivity index (χ1) is 15.4. The molecule has 2 aliphatic rings. The number of ether oxygens (including phenoxy) is 1. The molecule has 2 atom stereocenters. The zero-order valence-corrected chi connectivity index (χ0v) is 9.03. The second-order valence-electron chi connectivity index (χ2n) is 3.58. The van der Waals surface area contributed by atoms with E-state index < -0.39 is 92.0 Å². The number of nitrogens with two attached hydrogens (primary N) is 1. The molecule has 0 aliphatic carbocycles. The SMILES string of the molecule is [2H]c1c(N)c([2H])c(N2C([2H])([2H])C([2H])([2H])N(C([2H])([2H])[2H])C([2H])([2H])C2([2H])[2H])c2c1C([2H])C(C([2H])([2H])[2H])O2. The topological polar surface area (TPSA) is 41.7 Å². The third-order valence-corrected chi connectivity index (χ3v) is 2.32. The number of hydrogen-bond acceptors (Lipinski definition) is 4. The molecule has 3 rings (SSSR count). The fraction of sp³-hybridized carbons (Fsp3) is 0.571. The van der Waals surface area contributed by atoms with Crippen molar-refractivity contribution in [2.75, 3.05) is 43.6 Å². The molecule has 2 heterocycles. The number of hydrogen-bond donors (Lipinski definition) is 1. The zero-order chi connectivity index (χ0) is 27.5. The third kappa shape index (κ3) is 2.01. The van der Waals surface area contributed by atoms with Crippen molar-refractivity contribution in [2.24, 2.45) is 0 Å². The van der Waals surface area contributed by atoms with Crippen molar-refractivity contribution in [1.82, 2.24) is 4.90 Å². The van der Waals surface area contributed by atoms with Crippen LogP contribution in [0.1, 0.15) is 35.7 Å². The maximum absolute atomic E-state index is 8.41. The highest BCUT2D eigenvalue weighted by Gasteiger charge is 2.26. The number of rotatable bonds is 1. The summed E-state index contributed by atoms with van der Waals surface area (Å²) in [6, 6.07) is -1.73. The van der Waals surface area contributed by atoms with Gasteiger partial charge in [-0.1, -0.05) is 0 Å². The minimum Gasteiger partial charge on any atom is -0.488 e. The van der Waals surface area contributed by atoms with Crippen molar-refractivity contribution >= 4 is 11.4 Å². The highest BCUT2D eigenvalue weighted by atomic mass is 16.5. The Labute approximate surface area is 132 Å². The quantitative estimate of drug-likeness (QED) is 0.777. The molecule has 0 spiro atoms. The molecule has 1 aromatic rings. The Kier molecular flexibility index (Phi) is 0.769. The molecule has 4 heteroatoms. The standard InChI is InChI=1S/C14H21N3O/c1-10-7-11-8-12(15)9-13(14(11)18-10)17-5-3-16(2)4-6-17/h8-10H,3-7,15H2,1-2H3/i1D3,2D3,3D2,4D2,5D2,6D2,7D,8D,9D. The Bertz CT molecular complexity index is 1020. The van der Waals surface area contributed by atoms with Crippen LogP contribution in [0.5, 0.6) is 5.75 Å². The molecule has 98 valence electrons. The fourth-order valence-electron chi connectivity index (χ4n) is 1.62. The van der Waals surface area contributed by atoms with Crippen LogP contribution in [0.25, 0.3) is 0 Å². The minimum atomic E-state index is -3.77. The zero-order valence-electron chi connectivity index (χ0n) is 26.0. The molecule has 18 heavy (non-hydrogen) atoms. The second kappa shape index (κ2) is 4.35. The molecule has 0 saturated carbocycles. The molecule has 4 nitrogen and oxygen atoms in total. The van der Waals surface area contributed by atoms with Crippen LogP contribution in [-0.2, 0) is 6.40 Å². The first-order valence-electron chi connectivity index (χ1n) is 13.6. The van der Waals surface area contributed by atoms with E-state index in [-0.39, 0.29) is 4.90 Å². The average Bonchev–Trinajstić information content (AvgIpc) is 2.97. The molecule has 1 fully saturated rings. The lowest BCUT2D eigenvalue weighted by molar-refractivity contribution is 0.253. The highest BCUT2D eigenvalue weighted by molar-refractivity contribution is 5.69. The lowest BCUT2D eigenvalue weighted by Crippen LogP contribution is -2.44. The lowest BCUT2D eigenvalue weighted by Gasteiger charge is -2.34. The van der Waals surface area contributed by atoms with E-state index >= 15 is 0 Å². The van der Waals surface area contributed by atoms with E-state index in [1.165, 1.54) is 0 Å². The van der Waals surface area contributed by atoms with Gasteiger partial charge in [0.25, 0.3) is 0 Å². The van der Waals surface area contributed by atoms with Crippen LogP contribution in [0.4, 0.5) is 11.4 Å². The minimum absolute atomic E-state index is 0.187. The first-order valence-corrected chi connectivity index (χ1v) is 4.98. The highest BCUT2D eigenvalue weighted by Crippen LogP contribution is 2.40. The Morgan fingerprint density at radius 3 is 3.00 bits per heavy atom. The van der Waals surface area contributed by atoms with Crippen LogP contribution in [-0.4, -0.2) is 44.0 Å². The molecule has 1 saturated heterocycles. The van der Waals surface area contributed by atoms with Crippen LogP contribution in [0, 0.1) is 0 Å². The van der Waals surface area contributed by atoms with Gasteiger partial charge in [-0.2, -0.15) is 0 Å². The number of likely N-dealkylation sites (N-methyl/N-ethyl adjacent to an activating group) is 1. The van der Waals surface area contributed by atoms with Crippen molar-refractivity contribution < 1.29 is 28.0 Å². The van der Waals surface area contributed by atoms with E-state index in [4.69, 9.17) is 33.8 Å². The van der Waals surface area contributed by atoms with E-state index in [0.29, 0.717) is 0 Å². The van der Waals surface area contributed by atoms with E-state index in [9.17, 15) is 0 Å². The summed E-state index contributed by atoms with van der Waals surface area (Å²) in [6.07, 6.45) is -3.77. The van der Waals surface area contributed by atoms with Gasteiger partial charge >= 0.3 is 0 Å². The molecule has 1 aromatic carbocycles. The number of piperazine rings is 1. The summed E-state index contributed by atoms with van der Waals surface area (Å²) in [4.78, 5) is -0.747. The Hall–Kier alpha value is -1.42. The maximum atomic E-state index is 8.41. The summed E-state index contributed by atoms with van der Waals surface area (Å²) in [7, 11) is 0. The smallest absolute Gasteiger partial charge is 0.146 e. The summed E-state index contributed by atoms with van der Waals surface area (Å²) < 4.78 is 142. The van der Waals surface area contributed by atoms with E-state index in [1.54, 1.807) is 0 Å². The number of nitrogen functional groups attached to an aromatic ring is 1. The van der Waals surface area contributed by atoms with Crippen molar-refractivity contribution in [2.45, 2.75) is 19.4 Å². The van der Waals surface area contributed by atoms with Crippen LogP contribution in [0.15, 0.2) is 12.1 Å². The monoisotopic (exact) mass is 264 g/mol. The van der Waals surface area contributed by atoms with E-state index in [0.717, 1.165) is 0 Å². The van der Waals surface area contributed by atoms with Crippen LogP contribution >= 0.6 is 0 Å². The van der Waals surface area contributed by atoms with Crippen LogP contribution in [0.2, 0.25) is 0 Å². The largest absolute Gasteiger partial charge is 0.488 e. The molecule has 2 unspecified atom stereocenters. The summed E-state index contributed by atoms with van der Waals surface area (Å²) in [5.74, 6) is -0.822. The second-order valence-corrected chi connectivity index (χ2v) is 3.58. The molecule has 0 amide bonds. The van der Waals surface area contributed by atoms with Crippen molar-refractivity contribution in [3.63, 3.8) is 0 Å². The van der Waals surface area contributed by atoms with Gasteiger partial charge in [-0.15, -0.1) is 0 Å². The maximum Gasteiger partial charge on any atom is 0.146 e. The summed E-state index contributed by atoms with van der Waals surface area (Å²) in [5.41, 5.74) is 3.43. The van der Waals surface area contributed by atoms with Gasteiger partial charge in [-0.25, -0.2) is 0 Å². The van der Waals surface area contributed by atoms with Gasteiger partial charge in [-0.3, -0.25) is 0 Å². The first kappa shape index (κ1) is 3.18. The summed E-state index contributed by atoms with van der Waals surface area (Å²) in [5, 5.41) is 0. The molecular weight excluding hydrogens is 226 g/mol. The normalized spacial score (nSPS) is 54.4. The molecule has 0 radical (unpaired) electrons. The molecule has 2 aliphatic heterocycles. The molecule has 0 aromatic heterocycles. The molecular formula is C14H21N3O. The Morgan fingerprint density at radius 1 is 1.44 bits per heavy atom. The van der Waals surface area contributed by atoms with Gasteiger partial charge in [0.15, 0.2) is 0 Å². The van der Waals surface area contributed by atoms with Gasteiger partial charge in [-0.05, 0) is 25.9 Å².